The van der Waals surface area contributed by atoms with E-state index in [4.69, 9.17) is 0 Å². The minimum atomic E-state index is -0.419. The molecule has 4 rings (SSSR count). The Morgan fingerprint density at radius 2 is 1.91 bits per heavy atom. The number of rotatable bonds is 4. The zero-order valence-electron chi connectivity index (χ0n) is 20.1. The third-order valence-corrected chi connectivity index (χ3v) is 7.53. The number of imide groups is 1. The Morgan fingerprint density at radius 1 is 1.21 bits per heavy atom. The molecule has 2 aliphatic heterocycles. The average Bonchev–Trinajstić information content (AvgIpc) is 2.97. The van der Waals surface area contributed by atoms with Crippen LogP contribution >= 0.6 is 11.8 Å². The summed E-state index contributed by atoms with van der Waals surface area (Å²) < 4.78 is 14.1. The third-order valence-electron chi connectivity index (χ3n) is 6.63. The predicted molar refractivity (Wildman–Crippen MR) is 134 cm³/mol. The second-order valence-corrected chi connectivity index (χ2v) is 11.0. The van der Waals surface area contributed by atoms with Crippen LogP contribution in [0, 0.1) is 12.7 Å². The Balaban J connectivity index is 1.68. The van der Waals surface area contributed by atoms with Gasteiger partial charge in [0.1, 0.15) is 5.82 Å². The molecular formula is C27H31FN2O2S. The molecule has 0 spiro atoms. The fourth-order valence-electron chi connectivity index (χ4n) is 5.32. The minimum Gasteiger partial charge on any atom is -0.364 e. The van der Waals surface area contributed by atoms with Crippen LogP contribution in [0.25, 0.3) is 6.08 Å². The number of halogens is 1. The lowest BCUT2D eigenvalue weighted by molar-refractivity contribution is -0.123. The highest BCUT2D eigenvalue weighted by atomic mass is 32.2. The van der Waals surface area contributed by atoms with Gasteiger partial charge in [-0.1, -0.05) is 25.1 Å². The molecule has 2 amide bonds. The van der Waals surface area contributed by atoms with Gasteiger partial charge < -0.3 is 4.90 Å². The first-order valence-corrected chi connectivity index (χ1v) is 12.2. The summed E-state index contributed by atoms with van der Waals surface area (Å²) >= 11 is 0.920. The molecule has 2 aromatic rings. The fourth-order valence-corrected chi connectivity index (χ4v) is 6.15. The molecule has 0 aromatic heterocycles. The van der Waals surface area contributed by atoms with Gasteiger partial charge in [0.2, 0.25) is 0 Å². The summed E-state index contributed by atoms with van der Waals surface area (Å²) in [7, 11) is 0. The maximum atomic E-state index is 14.1. The molecular weight excluding hydrogens is 435 g/mol. The van der Waals surface area contributed by atoms with Gasteiger partial charge >= 0.3 is 0 Å². The summed E-state index contributed by atoms with van der Waals surface area (Å²) in [6.07, 6.45) is 2.86. The number of fused-ring (bicyclic) bond motifs is 1. The summed E-state index contributed by atoms with van der Waals surface area (Å²) in [5.74, 6) is -0.407. The zero-order valence-corrected chi connectivity index (χ0v) is 20.9. The van der Waals surface area contributed by atoms with Crippen molar-refractivity contribution in [1.29, 1.82) is 0 Å². The second kappa shape index (κ2) is 8.64. The van der Waals surface area contributed by atoms with Crippen LogP contribution in [0.2, 0.25) is 0 Å². The van der Waals surface area contributed by atoms with Crippen LogP contribution < -0.4 is 4.90 Å². The van der Waals surface area contributed by atoms with E-state index in [-0.39, 0.29) is 23.2 Å². The quantitative estimate of drug-likeness (QED) is 0.461. The number of nitrogens with zero attached hydrogens (tertiary/aromatic N) is 2. The lowest BCUT2D eigenvalue weighted by Crippen LogP contribution is -2.51. The number of amides is 2. The molecule has 1 unspecified atom stereocenters. The number of aryl methyl sites for hydroxylation is 1. The van der Waals surface area contributed by atoms with E-state index < -0.39 is 5.82 Å². The van der Waals surface area contributed by atoms with Crippen molar-refractivity contribution < 1.29 is 14.0 Å². The smallest absolute Gasteiger partial charge is 0.293 e. The maximum absolute atomic E-state index is 14.1. The van der Waals surface area contributed by atoms with Gasteiger partial charge in [-0.25, -0.2) is 4.39 Å². The Labute approximate surface area is 199 Å². The molecule has 2 aromatic carbocycles. The van der Waals surface area contributed by atoms with E-state index in [9.17, 15) is 14.0 Å². The molecule has 0 radical (unpaired) electrons. The average molecular weight is 467 g/mol. The summed E-state index contributed by atoms with van der Waals surface area (Å²) in [6, 6.07) is 11.0. The molecule has 174 valence electrons. The van der Waals surface area contributed by atoms with E-state index in [2.05, 4.69) is 51.7 Å². The van der Waals surface area contributed by atoms with Gasteiger partial charge in [0.05, 0.1) is 11.4 Å². The summed E-state index contributed by atoms with van der Waals surface area (Å²) in [4.78, 5) is 29.6. The molecule has 1 fully saturated rings. The Kier molecular flexibility index (Phi) is 6.16. The van der Waals surface area contributed by atoms with Crippen molar-refractivity contribution in [2.45, 2.75) is 72.0 Å². The van der Waals surface area contributed by atoms with Crippen molar-refractivity contribution in [1.82, 2.24) is 4.90 Å². The predicted octanol–water partition coefficient (Wildman–Crippen LogP) is 6.87. The van der Waals surface area contributed by atoms with Gasteiger partial charge in [0, 0.05) is 22.8 Å². The van der Waals surface area contributed by atoms with E-state index >= 15 is 0 Å². The molecule has 1 saturated heterocycles. The van der Waals surface area contributed by atoms with Crippen LogP contribution in [0.5, 0.6) is 0 Å². The number of hydrogen-bond donors (Lipinski definition) is 0. The highest BCUT2D eigenvalue weighted by Gasteiger charge is 2.39. The standard InChI is InChI=1S/C27H31FN2O2S/c1-16(2)30-23-11-17(3)20(12-21(23)18(4)14-27(30,5)6)13-24-25(31)29(26(32)33-24)15-19-9-7-8-10-22(19)28/h7-13,16,18H,14-15H2,1-6H3/b24-13-. The van der Waals surface area contributed by atoms with Crippen molar-refractivity contribution in [3.63, 3.8) is 0 Å². The number of carbonyl (C=O) groups is 2. The molecule has 0 bridgehead atoms. The van der Waals surface area contributed by atoms with Gasteiger partial charge in [0.15, 0.2) is 0 Å². The first-order chi connectivity index (χ1) is 15.5. The van der Waals surface area contributed by atoms with Gasteiger partial charge in [-0.15, -0.1) is 0 Å². The maximum Gasteiger partial charge on any atom is 0.293 e. The van der Waals surface area contributed by atoms with E-state index in [0.717, 1.165) is 34.2 Å². The van der Waals surface area contributed by atoms with E-state index in [1.54, 1.807) is 18.2 Å². The van der Waals surface area contributed by atoms with Crippen LogP contribution in [0.3, 0.4) is 0 Å². The SMILES string of the molecule is Cc1cc2c(cc1/C=C1\SC(=O)N(Cc3ccccc3F)C1=O)C(C)CC(C)(C)N2C(C)C. The Hall–Kier alpha value is -2.60. The molecule has 1 atom stereocenters. The van der Waals surface area contributed by atoms with E-state index in [0.29, 0.717) is 22.4 Å². The van der Waals surface area contributed by atoms with Gasteiger partial charge in [0.25, 0.3) is 11.1 Å². The van der Waals surface area contributed by atoms with Crippen LogP contribution in [-0.2, 0) is 11.3 Å². The topological polar surface area (TPSA) is 40.6 Å². The van der Waals surface area contributed by atoms with Crippen LogP contribution in [0.1, 0.15) is 69.2 Å². The summed E-state index contributed by atoms with van der Waals surface area (Å²) in [5.41, 5.74) is 4.91. The minimum absolute atomic E-state index is 0.0594. The molecule has 2 aliphatic rings. The van der Waals surface area contributed by atoms with Crippen molar-refractivity contribution in [3.05, 3.63) is 69.4 Å². The van der Waals surface area contributed by atoms with Crippen LogP contribution in [0.15, 0.2) is 41.3 Å². The highest BCUT2D eigenvalue weighted by molar-refractivity contribution is 8.18. The van der Waals surface area contributed by atoms with Gasteiger partial charge in [-0.05, 0) is 99.7 Å². The van der Waals surface area contributed by atoms with Gasteiger partial charge in [-0.3, -0.25) is 14.5 Å². The van der Waals surface area contributed by atoms with Crippen LogP contribution in [-0.4, -0.2) is 27.6 Å². The Morgan fingerprint density at radius 3 is 2.58 bits per heavy atom. The van der Waals surface area contributed by atoms with Crippen molar-refractivity contribution >= 4 is 34.7 Å². The molecule has 0 saturated carbocycles. The summed E-state index contributed by atoms with van der Waals surface area (Å²) in [5, 5.41) is -0.369. The monoisotopic (exact) mass is 466 g/mol. The first-order valence-electron chi connectivity index (χ1n) is 11.4. The second-order valence-electron chi connectivity index (χ2n) is 10.0. The first kappa shape index (κ1) is 23.6. The third kappa shape index (κ3) is 4.33. The Bertz CT molecular complexity index is 1150. The molecule has 0 aliphatic carbocycles. The fraction of sp³-hybridized carbons (Fsp3) is 0.407. The van der Waals surface area contributed by atoms with Crippen LogP contribution in [0.4, 0.5) is 14.9 Å². The number of hydrogen-bond acceptors (Lipinski definition) is 4. The lowest BCUT2D eigenvalue weighted by atomic mass is 9.78. The molecule has 0 N–H and O–H groups in total. The lowest BCUT2D eigenvalue weighted by Gasteiger charge is -2.50. The largest absolute Gasteiger partial charge is 0.364 e. The number of carbonyl (C=O) groups excluding carboxylic acids is 2. The normalized spacial score (nSPS) is 21.3. The van der Waals surface area contributed by atoms with E-state index in [1.807, 2.05) is 13.0 Å². The van der Waals surface area contributed by atoms with Crippen molar-refractivity contribution in [2.75, 3.05) is 4.90 Å². The number of thioether (sulfide) groups is 1. The molecule has 2 heterocycles. The number of anilines is 1. The zero-order chi connectivity index (χ0) is 24.1. The van der Waals surface area contributed by atoms with E-state index in [1.165, 1.54) is 17.3 Å². The molecule has 33 heavy (non-hydrogen) atoms. The summed E-state index contributed by atoms with van der Waals surface area (Å²) in [6.45, 7) is 13.3. The van der Waals surface area contributed by atoms with Crippen molar-refractivity contribution in [2.24, 2.45) is 0 Å². The molecule has 4 nitrogen and oxygen atoms in total. The highest BCUT2D eigenvalue weighted by Crippen LogP contribution is 2.46. The number of benzene rings is 2. The molecule has 6 heteroatoms. The van der Waals surface area contributed by atoms with Crippen molar-refractivity contribution in [3.8, 4) is 0 Å². The van der Waals surface area contributed by atoms with Gasteiger partial charge in [-0.2, -0.15) is 0 Å².